The molecule has 9 heteroatoms. The molecule has 6 nitrogen and oxygen atoms in total. The minimum atomic E-state index is -4.67. The fourth-order valence-electron chi connectivity index (χ4n) is 2.90. The molecule has 25 heavy (non-hydrogen) atoms. The molecule has 0 saturated heterocycles. The van der Waals surface area contributed by atoms with Crippen molar-refractivity contribution < 1.29 is 18.0 Å². The van der Waals surface area contributed by atoms with Crippen LogP contribution < -0.4 is 5.32 Å². The molecule has 1 fully saturated rings. The van der Waals surface area contributed by atoms with Crippen LogP contribution in [0.25, 0.3) is 11.5 Å². The van der Waals surface area contributed by atoms with Crippen molar-refractivity contribution >= 4 is 5.91 Å². The number of hydrogen-bond donors (Lipinski definition) is 1. The summed E-state index contributed by atoms with van der Waals surface area (Å²) in [6.07, 6.45) is 2.90. The van der Waals surface area contributed by atoms with E-state index in [9.17, 15) is 18.0 Å². The van der Waals surface area contributed by atoms with Gasteiger partial charge in [-0.05, 0) is 12.8 Å². The van der Waals surface area contributed by atoms with Gasteiger partial charge in [0.25, 0.3) is 5.91 Å². The fraction of sp³-hybridized carbons (Fsp3) is 0.500. The molecule has 0 atom stereocenters. The Bertz CT molecular complexity index is 765. The van der Waals surface area contributed by atoms with Crippen LogP contribution >= 0.6 is 0 Å². The molecule has 0 aliphatic heterocycles. The zero-order valence-corrected chi connectivity index (χ0v) is 13.7. The van der Waals surface area contributed by atoms with Gasteiger partial charge in [-0.3, -0.25) is 4.79 Å². The van der Waals surface area contributed by atoms with Gasteiger partial charge in [0.05, 0.1) is 12.5 Å². The van der Waals surface area contributed by atoms with E-state index < -0.39 is 17.8 Å². The second kappa shape index (κ2) is 6.81. The number of nitrogens with zero attached hydrogens (tertiary/aromatic N) is 4. The van der Waals surface area contributed by atoms with Crippen molar-refractivity contribution in [3.05, 3.63) is 30.0 Å². The van der Waals surface area contributed by atoms with Gasteiger partial charge in [0.1, 0.15) is 17.1 Å². The highest BCUT2D eigenvalue weighted by atomic mass is 19.4. The van der Waals surface area contributed by atoms with Gasteiger partial charge in [0.15, 0.2) is 5.82 Å². The Balaban J connectivity index is 1.94. The molecule has 0 aromatic carbocycles. The van der Waals surface area contributed by atoms with Gasteiger partial charge in [-0.2, -0.15) is 13.2 Å². The van der Waals surface area contributed by atoms with Crippen molar-refractivity contribution in [2.45, 2.75) is 44.3 Å². The average molecular weight is 353 g/mol. The number of halogens is 3. The maximum Gasteiger partial charge on any atom is 0.433 e. The molecule has 1 aliphatic rings. The fourth-order valence-corrected chi connectivity index (χ4v) is 2.90. The number of rotatable bonds is 3. The Labute approximate surface area is 142 Å². The van der Waals surface area contributed by atoms with Crippen LogP contribution in [0, 0.1) is 0 Å². The molecule has 2 aromatic heterocycles. The van der Waals surface area contributed by atoms with Gasteiger partial charge in [-0.25, -0.2) is 15.0 Å². The van der Waals surface area contributed by atoms with Gasteiger partial charge in [0.2, 0.25) is 0 Å². The second-order valence-electron chi connectivity index (χ2n) is 6.16. The number of carbonyl (C=O) groups excluding carboxylic acids is 1. The zero-order valence-electron chi connectivity index (χ0n) is 13.7. The van der Waals surface area contributed by atoms with Crippen molar-refractivity contribution in [1.29, 1.82) is 0 Å². The van der Waals surface area contributed by atoms with Crippen molar-refractivity contribution in [3.8, 4) is 11.5 Å². The number of hydrogen-bond acceptors (Lipinski definition) is 4. The van der Waals surface area contributed by atoms with E-state index in [-0.39, 0.29) is 17.6 Å². The minimum absolute atomic E-state index is 0.0225. The summed E-state index contributed by atoms with van der Waals surface area (Å²) in [5, 5.41) is 2.78. The van der Waals surface area contributed by atoms with Gasteiger partial charge < -0.3 is 9.88 Å². The van der Waals surface area contributed by atoms with Crippen LogP contribution in [0.5, 0.6) is 0 Å². The minimum Gasteiger partial charge on any atom is -0.348 e. The monoisotopic (exact) mass is 353 g/mol. The molecule has 134 valence electrons. The summed E-state index contributed by atoms with van der Waals surface area (Å²) in [5.41, 5.74) is -1.13. The summed E-state index contributed by atoms with van der Waals surface area (Å²) in [4.78, 5) is 23.9. The number of aryl methyl sites for hydroxylation is 1. The molecule has 0 radical (unpaired) electrons. The second-order valence-corrected chi connectivity index (χ2v) is 6.16. The van der Waals surface area contributed by atoms with Crippen LogP contribution in [-0.2, 0) is 13.2 Å². The Morgan fingerprint density at radius 3 is 2.56 bits per heavy atom. The maximum absolute atomic E-state index is 13.2. The van der Waals surface area contributed by atoms with E-state index in [1.807, 2.05) is 0 Å². The van der Waals surface area contributed by atoms with Gasteiger partial charge in [-0.1, -0.05) is 19.3 Å². The van der Waals surface area contributed by atoms with E-state index in [1.54, 1.807) is 7.05 Å². The van der Waals surface area contributed by atoms with Crippen LogP contribution in [0.1, 0.15) is 48.3 Å². The van der Waals surface area contributed by atoms with E-state index in [1.165, 1.54) is 17.1 Å². The topological polar surface area (TPSA) is 72.7 Å². The van der Waals surface area contributed by atoms with Gasteiger partial charge in [0, 0.05) is 19.2 Å². The molecule has 2 heterocycles. The van der Waals surface area contributed by atoms with E-state index in [4.69, 9.17) is 0 Å². The van der Waals surface area contributed by atoms with Crippen molar-refractivity contribution in [2.24, 2.45) is 7.05 Å². The third kappa shape index (κ3) is 3.97. The smallest absolute Gasteiger partial charge is 0.348 e. The Kier molecular flexibility index (Phi) is 4.73. The molecule has 0 unspecified atom stereocenters. The van der Waals surface area contributed by atoms with E-state index in [2.05, 4.69) is 20.3 Å². The lowest BCUT2D eigenvalue weighted by Crippen LogP contribution is -2.36. The molecular formula is C16H18F3N5O. The summed E-state index contributed by atoms with van der Waals surface area (Å²) in [6, 6.07) is 0.670. The number of aromatic nitrogens is 4. The zero-order chi connectivity index (χ0) is 18.0. The van der Waals surface area contributed by atoms with E-state index in [0.29, 0.717) is 11.8 Å². The molecule has 2 aromatic rings. The Morgan fingerprint density at radius 2 is 1.96 bits per heavy atom. The summed E-state index contributed by atoms with van der Waals surface area (Å²) < 4.78 is 41.0. The van der Waals surface area contributed by atoms with Gasteiger partial charge in [-0.15, -0.1) is 0 Å². The third-order valence-corrected chi connectivity index (χ3v) is 4.24. The van der Waals surface area contributed by atoms with Crippen molar-refractivity contribution in [2.75, 3.05) is 0 Å². The highest BCUT2D eigenvalue weighted by Crippen LogP contribution is 2.29. The molecular weight excluding hydrogens is 335 g/mol. The van der Waals surface area contributed by atoms with E-state index >= 15 is 0 Å². The van der Waals surface area contributed by atoms with Crippen LogP contribution in [-0.4, -0.2) is 31.5 Å². The summed E-state index contributed by atoms with van der Waals surface area (Å²) >= 11 is 0. The van der Waals surface area contributed by atoms with Crippen molar-refractivity contribution in [1.82, 2.24) is 24.8 Å². The number of alkyl halides is 3. The number of amides is 1. The first-order chi connectivity index (χ1) is 11.8. The quantitative estimate of drug-likeness (QED) is 0.921. The summed E-state index contributed by atoms with van der Waals surface area (Å²) in [5.74, 6) is -0.785. The maximum atomic E-state index is 13.2. The normalized spacial score (nSPS) is 16.0. The Morgan fingerprint density at radius 1 is 1.24 bits per heavy atom. The predicted molar refractivity (Wildman–Crippen MR) is 83.6 cm³/mol. The van der Waals surface area contributed by atoms with Crippen LogP contribution in [0.15, 0.2) is 18.6 Å². The Hall–Kier alpha value is -2.45. The standard InChI is InChI=1S/C16H18F3N5O/c1-24-9-20-8-12(24)14-22-11(7-13(23-14)16(17,18)19)15(25)21-10-5-3-2-4-6-10/h7-10H,2-6H2,1H3,(H,21,25). The lowest BCUT2D eigenvalue weighted by Gasteiger charge is -2.22. The first kappa shape index (κ1) is 17.4. The van der Waals surface area contributed by atoms with Gasteiger partial charge >= 0.3 is 6.18 Å². The largest absolute Gasteiger partial charge is 0.433 e. The molecule has 1 aliphatic carbocycles. The van der Waals surface area contributed by atoms with Crippen LogP contribution in [0.2, 0.25) is 0 Å². The number of nitrogens with one attached hydrogen (secondary N) is 1. The summed E-state index contributed by atoms with van der Waals surface area (Å²) in [6.45, 7) is 0. The molecule has 1 saturated carbocycles. The number of carbonyl (C=O) groups is 1. The third-order valence-electron chi connectivity index (χ3n) is 4.24. The average Bonchev–Trinajstić information content (AvgIpc) is 3.00. The van der Waals surface area contributed by atoms with Crippen LogP contribution in [0.3, 0.4) is 0 Å². The highest BCUT2D eigenvalue weighted by Gasteiger charge is 2.35. The molecule has 1 N–H and O–H groups in total. The number of imidazole rings is 1. The van der Waals surface area contributed by atoms with E-state index in [0.717, 1.165) is 32.1 Å². The predicted octanol–water partition coefficient (Wildman–Crippen LogP) is 2.96. The first-order valence-electron chi connectivity index (χ1n) is 8.08. The first-order valence-corrected chi connectivity index (χ1v) is 8.08. The molecule has 3 rings (SSSR count). The lowest BCUT2D eigenvalue weighted by molar-refractivity contribution is -0.141. The SMILES string of the molecule is Cn1cncc1-c1nc(C(=O)NC2CCCCC2)cc(C(F)(F)F)n1. The lowest BCUT2D eigenvalue weighted by atomic mass is 9.95. The molecule has 0 bridgehead atoms. The summed E-state index contributed by atoms with van der Waals surface area (Å²) in [7, 11) is 1.62. The van der Waals surface area contributed by atoms with Crippen molar-refractivity contribution in [3.63, 3.8) is 0 Å². The molecule has 0 spiro atoms. The molecule has 1 amide bonds. The van der Waals surface area contributed by atoms with Crippen LogP contribution in [0.4, 0.5) is 13.2 Å². The highest BCUT2D eigenvalue weighted by molar-refractivity contribution is 5.93.